The first-order valence-electron chi connectivity index (χ1n) is 7.18. The Morgan fingerprint density at radius 3 is 2.78 bits per heavy atom. The van der Waals surface area contributed by atoms with E-state index in [9.17, 15) is 9.18 Å². The molecule has 0 fully saturated rings. The molecule has 0 aliphatic heterocycles. The van der Waals surface area contributed by atoms with Crippen LogP contribution in [0.15, 0.2) is 59.1 Å². The molecule has 2 aromatic carbocycles. The van der Waals surface area contributed by atoms with E-state index in [0.29, 0.717) is 34.8 Å². The highest BCUT2D eigenvalue weighted by Crippen LogP contribution is 2.28. The van der Waals surface area contributed by atoms with Crippen LogP contribution < -0.4 is 0 Å². The van der Waals surface area contributed by atoms with E-state index < -0.39 is 5.97 Å². The van der Waals surface area contributed by atoms with E-state index in [-0.39, 0.29) is 5.82 Å². The van der Waals surface area contributed by atoms with Gasteiger partial charge in [0.1, 0.15) is 11.5 Å². The molecule has 0 saturated heterocycles. The molecule has 4 nitrogen and oxygen atoms in total. The van der Waals surface area contributed by atoms with Crippen LogP contribution in [0, 0.1) is 5.82 Å². The summed E-state index contributed by atoms with van der Waals surface area (Å²) >= 11 is 0. The van der Waals surface area contributed by atoms with Crippen molar-refractivity contribution in [1.82, 2.24) is 5.16 Å². The normalized spacial score (nSPS) is 10.5. The number of halogens is 1. The molecule has 0 aliphatic carbocycles. The quantitative estimate of drug-likeness (QED) is 0.673. The van der Waals surface area contributed by atoms with Crippen molar-refractivity contribution in [2.45, 2.75) is 6.92 Å². The Balaban J connectivity index is 1.93. The Hall–Kier alpha value is -2.95. The molecule has 0 N–H and O–H groups in total. The number of ether oxygens (including phenoxy) is 1. The van der Waals surface area contributed by atoms with E-state index >= 15 is 0 Å². The maximum atomic E-state index is 13.8. The molecule has 1 heterocycles. The number of nitrogens with zero attached hydrogens (tertiary/aromatic N) is 1. The van der Waals surface area contributed by atoms with Gasteiger partial charge in [0.15, 0.2) is 5.76 Å². The molecule has 5 heteroatoms. The number of benzene rings is 2. The maximum Gasteiger partial charge on any atom is 0.338 e. The predicted octanol–water partition coefficient (Wildman–Crippen LogP) is 4.32. The second-order valence-corrected chi connectivity index (χ2v) is 4.86. The van der Waals surface area contributed by atoms with E-state index in [4.69, 9.17) is 9.26 Å². The first kappa shape index (κ1) is 15.0. The van der Waals surface area contributed by atoms with Crippen molar-refractivity contribution in [1.29, 1.82) is 0 Å². The van der Waals surface area contributed by atoms with Gasteiger partial charge < -0.3 is 9.26 Å². The fourth-order valence-corrected chi connectivity index (χ4v) is 2.22. The van der Waals surface area contributed by atoms with Crippen molar-refractivity contribution in [3.8, 4) is 22.6 Å². The highest BCUT2D eigenvalue weighted by atomic mass is 19.1. The summed E-state index contributed by atoms with van der Waals surface area (Å²) in [6, 6.07) is 14.8. The molecule has 1 aromatic heterocycles. The molecule has 116 valence electrons. The van der Waals surface area contributed by atoms with Crippen molar-refractivity contribution < 1.29 is 18.4 Å². The summed E-state index contributed by atoms with van der Waals surface area (Å²) in [7, 11) is 0. The minimum absolute atomic E-state index is 0.308. The van der Waals surface area contributed by atoms with Gasteiger partial charge in [0.2, 0.25) is 0 Å². The number of hydrogen-bond acceptors (Lipinski definition) is 4. The molecule has 3 aromatic rings. The monoisotopic (exact) mass is 311 g/mol. The van der Waals surface area contributed by atoms with Crippen LogP contribution in [-0.4, -0.2) is 17.7 Å². The highest BCUT2D eigenvalue weighted by Gasteiger charge is 2.13. The van der Waals surface area contributed by atoms with Gasteiger partial charge in [-0.05, 0) is 31.2 Å². The average Bonchev–Trinajstić information content (AvgIpc) is 3.05. The summed E-state index contributed by atoms with van der Waals surface area (Å²) < 4.78 is 24.1. The van der Waals surface area contributed by atoms with Gasteiger partial charge in [-0.15, -0.1) is 0 Å². The topological polar surface area (TPSA) is 52.3 Å². The van der Waals surface area contributed by atoms with Crippen LogP contribution in [0.25, 0.3) is 22.6 Å². The van der Waals surface area contributed by atoms with Gasteiger partial charge in [-0.3, -0.25) is 0 Å². The van der Waals surface area contributed by atoms with Crippen LogP contribution in [0.1, 0.15) is 17.3 Å². The fourth-order valence-electron chi connectivity index (χ4n) is 2.22. The molecule has 0 bridgehead atoms. The second kappa shape index (κ2) is 6.44. The lowest BCUT2D eigenvalue weighted by molar-refractivity contribution is 0.0526. The van der Waals surface area contributed by atoms with Crippen molar-refractivity contribution in [2.24, 2.45) is 0 Å². The highest BCUT2D eigenvalue weighted by molar-refractivity contribution is 5.90. The zero-order valence-corrected chi connectivity index (χ0v) is 12.5. The van der Waals surface area contributed by atoms with Gasteiger partial charge in [-0.25, -0.2) is 9.18 Å². The van der Waals surface area contributed by atoms with Crippen molar-refractivity contribution in [3.05, 3.63) is 66.0 Å². The average molecular weight is 311 g/mol. The number of rotatable bonds is 4. The van der Waals surface area contributed by atoms with Crippen LogP contribution in [0.2, 0.25) is 0 Å². The van der Waals surface area contributed by atoms with Crippen LogP contribution >= 0.6 is 0 Å². The molecule has 0 saturated carbocycles. The van der Waals surface area contributed by atoms with E-state index in [0.717, 1.165) is 0 Å². The minimum Gasteiger partial charge on any atom is -0.462 e. The second-order valence-electron chi connectivity index (χ2n) is 4.86. The van der Waals surface area contributed by atoms with Gasteiger partial charge >= 0.3 is 5.97 Å². The Labute approximate surface area is 132 Å². The standard InChI is InChI=1S/C18H14FNO3/c1-2-22-18(21)13-7-5-6-12(10-13)17-11-16(20-23-17)14-8-3-4-9-15(14)19/h3-11H,2H2,1H3. The zero-order valence-electron chi connectivity index (χ0n) is 12.5. The van der Waals surface area contributed by atoms with Crippen molar-refractivity contribution in [3.63, 3.8) is 0 Å². The van der Waals surface area contributed by atoms with Gasteiger partial charge in [0.05, 0.1) is 12.2 Å². The number of carbonyl (C=O) groups is 1. The van der Waals surface area contributed by atoms with E-state index in [2.05, 4.69) is 5.16 Å². The SMILES string of the molecule is CCOC(=O)c1cccc(-c2cc(-c3ccccc3F)no2)c1. The lowest BCUT2D eigenvalue weighted by Gasteiger charge is -2.02. The number of hydrogen-bond donors (Lipinski definition) is 0. The molecule has 0 amide bonds. The third kappa shape index (κ3) is 3.13. The Morgan fingerprint density at radius 2 is 2.00 bits per heavy atom. The minimum atomic E-state index is -0.400. The van der Waals surface area contributed by atoms with E-state index in [1.165, 1.54) is 6.07 Å². The largest absolute Gasteiger partial charge is 0.462 e. The van der Waals surface area contributed by atoms with Crippen LogP contribution in [0.3, 0.4) is 0 Å². The van der Waals surface area contributed by atoms with Gasteiger partial charge in [-0.2, -0.15) is 0 Å². The van der Waals surface area contributed by atoms with Gasteiger partial charge in [-0.1, -0.05) is 29.4 Å². The summed E-state index contributed by atoms with van der Waals surface area (Å²) in [6.07, 6.45) is 0. The van der Waals surface area contributed by atoms with Crippen molar-refractivity contribution in [2.75, 3.05) is 6.61 Å². The first-order chi connectivity index (χ1) is 11.2. The molecule has 0 spiro atoms. The van der Waals surface area contributed by atoms with Crippen LogP contribution in [-0.2, 0) is 4.74 Å². The third-order valence-electron chi connectivity index (χ3n) is 3.32. The summed E-state index contributed by atoms with van der Waals surface area (Å²) in [4.78, 5) is 11.8. The molecule has 3 rings (SSSR count). The number of aromatic nitrogens is 1. The molecule has 23 heavy (non-hydrogen) atoms. The van der Waals surface area contributed by atoms with Gasteiger partial charge in [0, 0.05) is 17.2 Å². The number of carbonyl (C=O) groups excluding carboxylic acids is 1. The zero-order chi connectivity index (χ0) is 16.2. The predicted molar refractivity (Wildman–Crippen MR) is 83.3 cm³/mol. The summed E-state index contributed by atoms with van der Waals surface area (Å²) in [6.45, 7) is 2.06. The van der Waals surface area contributed by atoms with Crippen LogP contribution in [0.5, 0.6) is 0 Å². The molecule has 0 aliphatic rings. The Morgan fingerprint density at radius 1 is 1.17 bits per heavy atom. The first-order valence-corrected chi connectivity index (χ1v) is 7.18. The van der Waals surface area contributed by atoms with E-state index in [1.807, 2.05) is 0 Å². The van der Waals surface area contributed by atoms with Crippen LogP contribution in [0.4, 0.5) is 4.39 Å². The smallest absolute Gasteiger partial charge is 0.338 e. The third-order valence-corrected chi connectivity index (χ3v) is 3.32. The van der Waals surface area contributed by atoms with Gasteiger partial charge in [0.25, 0.3) is 0 Å². The Kier molecular flexibility index (Phi) is 4.19. The maximum absolute atomic E-state index is 13.8. The Bertz CT molecular complexity index is 842. The lowest BCUT2D eigenvalue weighted by atomic mass is 10.1. The molecule has 0 atom stereocenters. The molecule has 0 unspecified atom stereocenters. The molecule has 0 radical (unpaired) electrons. The summed E-state index contributed by atoms with van der Waals surface area (Å²) in [5.74, 6) is -0.315. The summed E-state index contributed by atoms with van der Waals surface area (Å²) in [5, 5.41) is 3.90. The fraction of sp³-hybridized carbons (Fsp3) is 0.111. The lowest BCUT2D eigenvalue weighted by Crippen LogP contribution is -2.04. The summed E-state index contributed by atoms with van der Waals surface area (Å²) in [5.41, 5.74) is 1.86. The number of esters is 1. The van der Waals surface area contributed by atoms with E-state index in [1.54, 1.807) is 55.5 Å². The molecular formula is C18H14FNO3. The molecular weight excluding hydrogens is 297 g/mol. The van der Waals surface area contributed by atoms with Crippen molar-refractivity contribution >= 4 is 5.97 Å².